The first-order valence-corrected chi connectivity index (χ1v) is 6.09. The van der Waals surface area contributed by atoms with Gasteiger partial charge in [-0.15, -0.1) is 11.3 Å². The SMILES string of the molecule is NC(=O)Nc1cc(-c2ccc(F)c(F)c2)sc1C(=O)O. The number of rotatable bonds is 3. The standard InChI is InChI=1S/C12H8F2N2O3S/c13-6-2-1-5(3-7(6)14)9-4-8(16-12(15)19)10(20-9)11(17)18/h1-4H,(H,17,18)(H3,15,16,19). The number of anilines is 1. The predicted molar refractivity (Wildman–Crippen MR) is 69.8 cm³/mol. The van der Waals surface area contributed by atoms with E-state index < -0.39 is 23.6 Å². The second-order valence-corrected chi connectivity index (χ2v) is 4.83. The van der Waals surface area contributed by atoms with Crippen molar-refractivity contribution in [3.63, 3.8) is 0 Å². The van der Waals surface area contributed by atoms with Gasteiger partial charge in [-0.05, 0) is 23.8 Å². The summed E-state index contributed by atoms with van der Waals surface area (Å²) in [6, 6.07) is 3.62. The largest absolute Gasteiger partial charge is 0.477 e. The molecule has 1 aromatic carbocycles. The van der Waals surface area contributed by atoms with Crippen molar-refractivity contribution in [1.82, 2.24) is 0 Å². The molecule has 0 unspecified atom stereocenters. The van der Waals surface area contributed by atoms with Gasteiger partial charge in [0.15, 0.2) is 11.6 Å². The van der Waals surface area contributed by atoms with E-state index in [2.05, 4.69) is 5.32 Å². The Morgan fingerprint density at radius 2 is 1.90 bits per heavy atom. The van der Waals surface area contributed by atoms with Gasteiger partial charge in [0, 0.05) is 4.88 Å². The van der Waals surface area contributed by atoms with Crippen molar-refractivity contribution < 1.29 is 23.5 Å². The van der Waals surface area contributed by atoms with Gasteiger partial charge in [-0.2, -0.15) is 0 Å². The van der Waals surface area contributed by atoms with Crippen LogP contribution < -0.4 is 11.1 Å². The van der Waals surface area contributed by atoms with Gasteiger partial charge in [0.25, 0.3) is 0 Å². The summed E-state index contributed by atoms with van der Waals surface area (Å²) in [7, 11) is 0. The van der Waals surface area contributed by atoms with Crippen LogP contribution in [-0.4, -0.2) is 17.1 Å². The maximum atomic E-state index is 13.2. The smallest absolute Gasteiger partial charge is 0.348 e. The molecule has 0 spiro atoms. The lowest BCUT2D eigenvalue weighted by molar-refractivity contribution is 0.0703. The van der Waals surface area contributed by atoms with Gasteiger partial charge >= 0.3 is 12.0 Å². The van der Waals surface area contributed by atoms with Crippen molar-refractivity contribution in [2.24, 2.45) is 5.73 Å². The lowest BCUT2D eigenvalue weighted by Gasteiger charge is -1.99. The number of hydrogen-bond acceptors (Lipinski definition) is 3. The van der Waals surface area contributed by atoms with E-state index in [4.69, 9.17) is 10.8 Å². The second-order valence-electron chi connectivity index (χ2n) is 3.78. The average molecular weight is 298 g/mol. The third-order valence-electron chi connectivity index (χ3n) is 2.39. The highest BCUT2D eigenvalue weighted by Gasteiger charge is 2.18. The molecule has 2 rings (SSSR count). The molecule has 104 valence electrons. The predicted octanol–water partition coefficient (Wildman–Crippen LogP) is 2.88. The van der Waals surface area contributed by atoms with Gasteiger partial charge in [-0.1, -0.05) is 6.07 Å². The van der Waals surface area contributed by atoms with Gasteiger partial charge in [-0.3, -0.25) is 0 Å². The van der Waals surface area contributed by atoms with Crippen LogP contribution in [0.15, 0.2) is 24.3 Å². The number of carboxylic acid groups (broad SMARTS) is 1. The van der Waals surface area contributed by atoms with E-state index in [0.717, 1.165) is 23.5 Å². The molecule has 20 heavy (non-hydrogen) atoms. The maximum Gasteiger partial charge on any atom is 0.348 e. The number of thiophene rings is 1. The highest BCUT2D eigenvalue weighted by molar-refractivity contribution is 7.18. The summed E-state index contributed by atoms with van der Waals surface area (Å²) in [5.41, 5.74) is 5.25. The minimum Gasteiger partial charge on any atom is -0.477 e. The Labute approximate surface area is 115 Å². The molecule has 0 atom stereocenters. The number of carbonyl (C=O) groups excluding carboxylic acids is 1. The fraction of sp³-hybridized carbons (Fsp3) is 0. The average Bonchev–Trinajstić information content (AvgIpc) is 2.76. The van der Waals surface area contributed by atoms with Crippen molar-refractivity contribution in [3.05, 3.63) is 40.8 Å². The summed E-state index contributed by atoms with van der Waals surface area (Å²) in [5, 5.41) is 11.2. The van der Waals surface area contributed by atoms with Gasteiger partial charge in [0.2, 0.25) is 0 Å². The number of urea groups is 1. The van der Waals surface area contributed by atoms with Crippen molar-refractivity contribution in [2.75, 3.05) is 5.32 Å². The fourth-order valence-corrected chi connectivity index (χ4v) is 2.52. The number of amides is 2. The molecule has 0 saturated heterocycles. The third kappa shape index (κ3) is 2.75. The molecule has 0 aliphatic rings. The van der Waals surface area contributed by atoms with E-state index in [-0.39, 0.29) is 10.6 Å². The zero-order valence-corrected chi connectivity index (χ0v) is 10.6. The van der Waals surface area contributed by atoms with Crippen LogP contribution in [0.1, 0.15) is 9.67 Å². The first-order chi connectivity index (χ1) is 9.38. The third-order valence-corrected chi connectivity index (χ3v) is 3.56. The quantitative estimate of drug-likeness (QED) is 0.813. The van der Waals surface area contributed by atoms with Crippen LogP contribution in [0.4, 0.5) is 19.3 Å². The number of benzene rings is 1. The van der Waals surface area contributed by atoms with Crippen molar-refractivity contribution in [3.8, 4) is 10.4 Å². The van der Waals surface area contributed by atoms with Crippen LogP contribution in [0.5, 0.6) is 0 Å². The summed E-state index contributed by atoms with van der Waals surface area (Å²) < 4.78 is 26.0. The van der Waals surface area contributed by atoms with Crippen LogP contribution in [-0.2, 0) is 0 Å². The van der Waals surface area contributed by atoms with E-state index in [1.54, 1.807) is 0 Å². The molecule has 0 bridgehead atoms. The summed E-state index contributed by atoms with van der Waals surface area (Å²) in [4.78, 5) is 22.1. The summed E-state index contributed by atoms with van der Waals surface area (Å²) in [6.45, 7) is 0. The molecule has 2 amide bonds. The molecule has 0 aliphatic heterocycles. The summed E-state index contributed by atoms with van der Waals surface area (Å²) in [5.74, 6) is -3.30. The lowest BCUT2D eigenvalue weighted by Crippen LogP contribution is -2.20. The van der Waals surface area contributed by atoms with Crippen LogP contribution in [0.25, 0.3) is 10.4 Å². The Bertz CT molecular complexity index is 700. The van der Waals surface area contributed by atoms with Gasteiger partial charge in [-0.25, -0.2) is 18.4 Å². The number of nitrogens with one attached hydrogen (secondary N) is 1. The first-order valence-electron chi connectivity index (χ1n) is 5.27. The molecule has 0 saturated carbocycles. The van der Waals surface area contributed by atoms with Crippen molar-refractivity contribution in [2.45, 2.75) is 0 Å². The Morgan fingerprint density at radius 1 is 1.20 bits per heavy atom. The van der Waals surface area contributed by atoms with Crippen LogP contribution in [0.3, 0.4) is 0 Å². The van der Waals surface area contributed by atoms with Crippen LogP contribution in [0.2, 0.25) is 0 Å². The molecular formula is C12H8F2N2O3S. The molecule has 8 heteroatoms. The Hall–Kier alpha value is -2.48. The van der Waals surface area contributed by atoms with E-state index in [1.807, 2.05) is 0 Å². The molecule has 1 aromatic heterocycles. The number of nitrogens with two attached hydrogens (primary N) is 1. The van der Waals surface area contributed by atoms with E-state index in [0.29, 0.717) is 10.4 Å². The number of carbonyl (C=O) groups is 2. The van der Waals surface area contributed by atoms with E-state index in [1.165, 1.54) is 12.1 Å². The Balaban J connectivity index is 2.49. The first kappa shape index (κ1) is 13.9. The molecule has 5 nitrogen and oxygen atoms in total. The number of carboxylic acids is 1. The minimum absolute atomic E-state index is 0.00901. The highest BCUT2D eigenvalue weighted by atomic mass is 32.1. The fourth-order valence-electron chi connectivity index (χ4n) is 1.57. The van der Waals surface area contributed by atoms with Gasteiger partial charge in [0.1, 0.15) is 4.88 Å². The zero-order chi connectivity index (χ0) is 14.9. The number of hydrogen-bond donors (Lipinski definition) is 3. The Morgan fingerprint density at radius 3 is 2.45 bits per heavy atom. The molecule has 2 aromatic rings. The van der Waals surface area contributed by atoms with Crippen LogP contribution in [0, 0.1) is 11.6 Å². The van der Waals surface area contributed by atoms with Crippen molar-refractivity contribution >= 4 is 29.0 Å². The molecule has 0 aliphatic carbocycles. The number of primary amides is 1. The summed E-state index contributed by atoms with van der Waals surface area (Å²) in [6.07, 6.45) is 0. The number of aromatic carboxylic acids is 1. The summed E-state index contributed by atoms with van der Waals surface area (Å²) >= 11 is 0.818. The van der Waals surface area contributed by atoms with Crippen molar-refractivity contribution in [1.29, 1.82) is 0 Å². The molecule has 1 heterocycles. The number of halogens is 2. The van der Waals surface area contributed by atoms with E-state index in [9.17, 15) is 18.4 Å². The molecule has 0 radical (unpaired) electrons. The molecular weight excluding hydrogens is 290 g/mol. The topological polar surface area (TPSA) is 92.4 Å². The van der Waals surface area contributed by atoms with Crippen LogP contribution >= 0.6 is 11.3 Å². The zero-order valence-electron chi connectivity index (χ0n) is 9.81. The second kappa shape index (κ2) is 5.25. The van der Waals surface area contributed by atoms with Gasteiger partial charge in [0.05, 0.1) is 5.69 Å². The maximum absolute atomic E-state index is 13.2. The molecule has 0 fully saturated rings. The molecule has 4 N–H and O–H groups in total. The Kier molecular flexibility index (Phi) is 3.66. The lowest BCUT2D eigenvalue weighted by atomic mass is 10.1. The highest BCUT2D eigenvalue weighted by Crippen LogP contribution is 2.35. The normalized spacial score (nSPS) is 10.3. The van der Waals surface area contributed by atoms with Gasteiger partial charge < -0.3 is 16.2 Å². The monoisotopic (exact) mass is 298 g/mol. The minimum atomic E-state index is -1.26. The van der Waals surface area contributed by atoms with E-state index >= 15 is 0 Å².